The maximum atomic E-state index is 5.19. The average molecular weight is 662 g/mol. The van der Waals surface area contributed by atoms with Crippen LogP contribution in [0.15, 0.2) is 188 Å². The van der Waals surface area contributed by atoms with E-state index in [1.807, 2.05) is 0 Å². The van der Waals surface area contributed by atoms with E-state index in [4.69, 9.17) is 4.98 Å². The Kier molecular flexibility index (Phi) is 6.25. The molecule has 2 heterocycles. The Morgan fingerprint density at radius 3 is 1.48 bits per heavy atom. The van der Waals surface area contributed by atoms with Crippen LogP contribution in [0.3, 0.4) is 0 Å². The highest BCUT2D eigenvalue weighted by Crippen LogP contribution is 2.41. The lowest BCUT2D eigenvalue weighted by Gasteiger charge is -2.14. The Labute approximate surface area is 300 Å². The van der Waals surface area contributed by atoms with E-state index in [-0.39, 0.29) is 0 Å². The van der Waals surface area contributed by atoms with Crippen LogP contribution in [0.2, 0.25) is 0 Å². The topological polar surface area (TPSA) is 22.8 Å². The number of hydrogen-bond donors (Lipinski definition) is 0. The monoisotopic (exact) mass is 661 g/mol. The van der Waals surface area contributed by atoms with Crippen LogP contribution in [-0.4, -0.2) is 14.1 Å². The highest BCUT2D eigenvalue weighted by molar-refractivity contribution is 6.26. The third-order valence-corrected chi connectivity index (χ3v) is 10.7. The molecule has 0 atom stereocenters. The third-order valence-electron chi connectivity index (χ3n) is 10.7. The van der Waals surface area contributed by atoms with Crippen molar-refractivity contribution in [3.8, 4) is 33.9 Å². The molecule has 0 saturated carbocycles. The van der Waals surface area contributed by atoms with E-state index in [0.717, 1.165) is 28.1 Å². The summed E-state index contributed by atoms with van der Waals surface area (Å²) in [6.07, 6.45) is 0. The lowest BCUT2D eigenvalue weighted by Crippen LogP contribution is -1.97. The molecule has 0 aliphatic heterocycles. The van der Waals surface area contributed by atoms with Crippen LogP contribution in [0.1, 0.15) is 0 Å². The SMILES string of the molecule is c1ccc(-n2c(-c3ccc4c5ccccc5c5cc(-c6ccc7c(c6)c6ccccc6n7-c6ccccc6)ccc5c4c3)nc3ccccc32)cc1. The Morgan fingerprint density at radius 1 is 0.288 bits per heavy atom. The number of fused-ring (bicyclic) bond motifs is 10. The molecule has 0 radical (unpaired) electrons. The van der Waals surface area contributed by atoms with Gasteiger partial charge < -0.3 is 4.57 Å². The second-order valence-electron chi connectivity index (χ2n) is 13.6. The van der Waals surface area contributed by atoms with Crippen molar-refractivity contribution in [1.82, 2.24) is 14.1 Å². The zero-order valence-corrected chi connectivity index (χ0v) is 28.2. The van der Waals surface area contributed by atoms with E-state index in [0.29, 0.717) is 0 Å². The second-order valence-corrected chi connectivity index (χ2v) is 13.6. The Balaban J connectivity index is 1.13. The summed E-state index contributed by atoms with van der Waals surface area (Å²) in [5.41, 5.74) is 10.3. The normalized spacial score (nSPS) is 11.8. The molecule has 3 heteroatoms. The lowest BCUT2D eigenvalue weighted by atomic mass is 9.91. The first-order valence-electron chi connectivity index (χ1n) is 17.8. The second kappa shape index (κ2) is 11.3. The van der Waals surface area contributed by atoms with E-state index in [9.17, 15) is 0 Å². The maximum Gasteiger partial charge on any atom is 0.145 e. The van der Waals surface area contributed by atoms with Gasteiger partial charge in [-0.2, -0.15) is 0 Å². The van der Waals surface area contributed by atoms with Gasteiger partial charge in [-0.3, -0.25) is 4.57 Å². The van der Waals surface area contributed by atoms with Gasteiger partial charge in [-0.05, 0) is 110 Å². The summed E-state index contributed by atoms with van der Waals surface area (Å²) in [6, 6.07) is 67.9. The zero-order valence-electron chi connectivity index (χ0n) is 28.2. The molecule has 11 rings (SSSR count). The van der Waals surface area contributed by atoms with Crippen molar-refractivity contribution >= 4 is 65.2 Å². The fourth-order valence-electron chi connectivity index (χ4n) is 8.34. The Hall–Kier alpha value is -6.97. The van der Waals surface area contributed by atoms with E-state index >= 15 is 0 Å². The van der Waals surface area contributed by atoms with Gasteiger partial charge in [0.05, 0.1) is 22.1 Å². The molecular formula is C49H31N3. The van der Waals surface area contributed by atoms with Gasteiger partial charge in [-0.1, -0.05) is 121 Å². The van der Waals surface area contributed by atoms with Crippen molar-refractivity contribution in [3.63, 3.8) is 0 Å². The fourth-order valence-corrected chi connectivity index (χ4v) is 8.34. The van der Waals surface area contributed by atoms with Crippen LogP contribution in [-0.2, 0) is 0 Å². The molecule has 9 aromatic carbocycles. The van der Waals surface area contributed by atoms with E-state index in [1.165, 1.54) is 70.9 Å². The van der Waals surface area contributed by atoms with E-state index in [1.54, 1.807) is 0 Å². The summed E-state index contributed by atoms with van der Waals surface area (Å²) in [7, 11) is 0. The van der Waals surface area contributed by atoms with Crippen LogP contribution >= 0.6 is 0 Å². The zero-order chi connectivity index (χ0) is 34.2. The van der Waals surface area contributed by atoms with Gasteiger partial charge in [0.1, 0.15) is 5.82 Å². The Morgan fingerprint density at radius 2 is 0.750 bits per heavy atom. The number of para-hydroxylation sites is 5. The van der Waals surface area contributed by atoms with E-state index in [2.05, 4.69) is 197 Å². The number of benzene rings is 9. The van der Waals surface area contributed by atoms with Crippen molar-refractivity contribution < 1.29 is 0 Å². The predicted octanol–water partition coefficient (Wildman–Crippen LogP) is 12.9. The fraction of sp³-hybridized carbons (Fsp3) is 0. The van der Waals surface area contributed by atoms with Gasteiger partial charge in [0.25, 0.3) is 0 Å². The molecule has 0 aliphatic rings. The van der Waals surface area contributed by atoms with Crippen LogP contribution in [0, 0.1) is 0 Å². The molecule has 0 amide bonds. The Bertz CT molecular complexity index is 3170. The van der Waals surface area contributed by atoms with Gasteiger partial charge in [0.15, 0.2) is 0 Å². The summed E-state index contributed by atoms with van der Waals surface area (Å²) in [4.78, 5) is 5.19. The summed E-state index contributed by atoms with van der Waals surface area (Å²) >= 11 is 0. The maximum absolute atomic E-state index is 5.19. The first kappa shape index (κ1) is 28.8. The molecular weight excluding hydrogens is 631 g/mol. The molecule has 0 aliphatic carbocycles. The van der Waals surface area contributed by atoms with Crippen molar-refractivity contribution in [2.24, 2.45) is 0 Å². The molecule has 0 saturated heterocycles. The van der Waals surface area contributed by atoms with E-state index < -0.39 is 0 Å². The minimum absolute atomic E-state index is 0.940. The van der Waals surface area contributed by atoms with Gasteiger partial charge in [0, 0.05) is 27.7 Å². The quantitative estimate of drug-likeness (QED) is 0.172. The predicted molar refractivity (Wildman–Crippen MR) is 219 cm³/mol. The smallest absolute Gasteiger partial charge is 0.145 e. The molecule has 52 heavy (non-hydrogen) atoms. The molecule has 3 nitrogen and oxygen atoms in total. The van der Waals surface area contributed by atoms with Crippen LogP contribution in [0.4, 0.5) is 0 Å². The first-order valence-corrected chi connectivity index (χ1v) is 17.8. The molecule has 11 aromatic rings. The summed E-state index contributed by atoms with van der Waals surface area (Å²) in [6.45, 7) is 0. The largest absolute Gasteiger partial charge is 0.309 e. The van der Waals surface area contributed by atoms with Crippen LogP contribution in [0.25, 0.3) is 99.0 Å². The van der Waals surface area contributed by atoms with Crippen molar-refractivity contribution in [3.05, 3.63) is 188 Å². The third kappa shape index (κ3) is 4.30. The molecule has 242 valence electrons. The minimum Gasteiger partial charge on any atom is -0.309 e. The number of nitrogens with zero attached hydrogens (tertiary/aromatic N) is 3. The molecule has 0 bridgehead atoms. The molecule has 2 aromatic heterocycles. The van der Waals surface area contributed by atoms with Gasteiger partial charge in [0.2, 0.25) is 0 Å². The number of hydrogen-bond acceptors (Lipinski definition) is 1. The first-order chi connectivity index (χ1) is 25.8. The highest BCUT2D eigenvalue weighted by Gasteiger charge is 2.18. The molecule has 0 N–H and O–H groups in total. The van der Waals surface area contributed by atoms with Crippen molar-refractivity contribution in [1.29, 1.82) is 0 Å². The van der Waals surface area contributed by atoms with Crippen LogP contribution < -0.4 is 0 Å². The molecule has 0 spiro atoms. The summed E-state index contributed by atoms with van der Waals surface area (Å²) in [5.74, 6) is 0.940. The van der Waals surface area contributed by atoms with Crippen molar-refractivity contribution in [2.75, 3.05) is 0 Å². The molecule has 0 unspecified atom stereocenters. The van der Waals surface area contributed by atoms with Crippen molar-refractivity contribution in [2.45, 2.75) is 0 Å². The van der Waals surface area contributed by atoms with Crippen LogP contribution in [0.5, 0.6) is 0 Å². The van der Waals surface area contributed by atoms with Gasteiger partial charge in [-0.15, -0.1) is 0 Å². The lowest BCUT2D eigenvalue weighted by molar-refractivity contribution is 1.10. The molecule has 0 fully saturated rings. The summed E-state index contributed by atoms with van der Waals surface area (Å²) < 4.78 is 4.65. The standard InChI is InChI=1S/C49H31N3/c1-3-13-35(14-4-1)51-46-21-11-9-19-41(46)44-30-33(25-28-47(44)51)32-23-26-40-42(29-32)38-18-8-7-17-37(38)39-27-24-34(31-43(39)40)49-50-45-20-10-12-22-48(45)52(49)36-15-5-2-6-16-36/h1-31H. The minimum atomic E-state index is 0.940. The highest BCUT2D eigenvalue weighted by atomic mass is 15.1. The summed E-state index contributed by atoms with van der Waals surface area (Å²) in [5, 5.41) is 10.00. The van der Waals surface area contributed by atoms with Gasteiger partial charge >= 0.3 is 0 Å². The van der Waals surface area contributed by atoms with Gasteiger partial charge in [-0.25, -0.2) is 4.98 Å². The average Bonchev–Trinajstić information content (AvgIpc) is 3.77. The number of rotatable bonds is 4. The number of aromatic nitrogens is 3. The number of imidazole rings is 1.